The minimum atomic E-state index is 0.505. The third kappa shape index (κ3) is 5.19. The van der Waals surface area contributed by atoms with E-state index in [0.29, 0.717) is 6.61 Å². The van der Waals surface area contributed by atoms with Crippen molar-refractivity contribution >= 4 is 43.8 Å². The molecule has 0 aromatic heterocycles. The van der Waals surface area contributed by atoms with Gasteiger partial charge in [-0.1, -0.05) is 44.0 Å². The molecule has 0 amide bonds. The SMILES string of the molecule is COc1cccc(N=Cc2ccc(OCc3ccc(Br)cc3Br)cc2)c1. The summed E-state index contributed by atoms with van der Waals surface area (Å²) in [6.45, 7) is 0.505. The Balaban J connectivity index is 1.61. The van der Waals surface area contributed by atoms with Gasteiger partial charge in [0.2, 0.25) is 0 Å². The summed E-state index contributed by atoms with van der Waals surface area (Å²) in [5, 5.41) is 0. The molecule has 3 aromatic rings. The summed E-state index contributed by atoms with van der Waals surface area (Å²) in [6.07, 6.45) is 1.82. The fourth-order valence-electron chi connectivity index (χ4n) is 2.29. The summed E-state index contributed by atoms with van der Waals surface area (Å²) in [7, 11) is 1.65. The molecule has 132 valence electrons. The van der Waals surface area contributed by atoms with E-state index in [-0.39, 0.29) is 0 Å². The van der Waals surface area contributed by atoms with E-state index in [1.54, 1.807) is 7.11 Å². The van der Waals surface area contributed by atoms with Crippen molar-refractivity contribution in [2.75, 3.05) is 7.11 Å². The van der Waals surface area contributed by atoms with Crippen LogP contribution in [0.4, 0.5) is 5.69 Å². The average molecular weight is 475 g/mol. The fourth-order valence-corrected chi connectivity index (χ4v) is 3.45. The molecule has 26 heavy (non-hydrogen) atoms. The van der Waals surface area contributed by atoms with Crippen molar-refractivity contribution in [1.82, 2.24) is 0 Å². The highest BCUT2D eigenvalue weighted by Crippen LogP contribution is 2.24. The lowest BCUT2D eigenvalue weighted by atomic mass is 10.2. The highest BCUT2D eigenvalue weighted by atomic mass is 79.9. The second kappa shape index (κ2) is 9.01. The zero-order chi connectivity index (χ0) is 18.4. The van der Waals surface area contributed by atoms with Crippen LogP contribution in [0.15, 0.2) is 80.7 Å². The first-order chi connectivity index (χ1) is 12.6. The quantitative estimate of drug-likeness (QED) is 0.379. The molecule has 0 bridgehead atoms. The van der Waals surface area contributed by atoms with Crippen molar-refractivity contribution < 1.29 is 9.47 Å². The van der Waals surface area contributed by atoms with Gasteiger partial charge in [0.25, 0.3) is 0 Å². The molecule has 0 aliphatic heterocycles. The van der Waals surface area contributed by atoms with E-state index >= 15 is 0 Å². The van der Waals surface area contributed by atoms with Crippen molar-refractivity contribution in [1.29, 1.82) is 0 Å². The largest absolute Gasteiger partial charge is 0.497 e. The summed E-state index contributed by atoms with van der Waals surface area (Å²) in [5.41, 5.74) is 2.95. The number of aliphatic imine (C=N–C) groups is 1. The molecule has 0 saturated heterocycles. The van der Waals surface area contributed by atoms with E-state index in [9.17, 15) is 0 Å². The van der Waals surface area contributed by atoms with Gasteiger partial charge in [-0.25, -0.2) is 0 Å². The first-order valence-electron chi connectivity index (χ1n) is 7.99. The molecular weight excluding hydrogens is 458 g/mol. The van der Waals surface area contributed by atoms with E-state index in [2.05, 4.69) is 36.9 Å². The van der Waals surface area contributed by atoms with E-state index in [1.807, 2.05) is 72.9 Å². The smallest absolute Gasteiger partial charge is 0.121 e. The number of benzene rings is 3. The second-order valence-corrected chi connectivity index (χ2v) is 7.32. The molecule has 0 aliphatic rings. The van der Waals surface area contributed by atoms with Crippen LogP contribution in [0, 0.1) is 0 Å². The Morgan fingerprint density at radius 1 is 0.923 bits per heavy atom. The molecule has 0 saturated carbocycles. The first kappa shape index (κ1) is 18.7. The zero-order valence-corrected chi connectivity index (χ0v) is 17.3. The highest BCUT2D eigenvalue weighted by molar-refractivity contribution is 9.11. The predicted octanol–water partition coefficient (Wildman–Crippen LogP) is 6.55. The van der Waals surface area contributed by atoms with Gasteiger partial charge in [-0.2, -0.15) is 0 Å². The molecule has 0 unspecified atom stereocenters. The Hall–Kier alpha value is -2.11. The minimum absolute atomic E-state index is 0.505. The minimum Gasteiger partial charge on any atom is -0.497 e. The van der Waals surface area contributed by atoms with Crippen LogP contribution in [0.2, 0.25) is 0 Å². The molecule has 0 heterocycles. The van der Waals surface area contributed by atoms with E-state index < -0.39 is 0 Å². The van der Waals surface area contributed by atoms with Crippen LogP contribution in [0.5, 0.6) is 11.5 Å². The zero-order valence-electron chi connectivity index (χ0n) is 14.2. The van der Waals surface area contributed by atoms with Crippen LogP contribution >= 0.6 is 31.9 Å². The molecule has 5 heteroatoms. The van der Waals surface area contributed by atoms with Crippen LogP contribution in [-0.4, -0.2) is 13.3 Å². The van der Waals surface area contributed by atoms with Gasteiger partial charge >= 0.3 is 0 Å². The van der Waals surface area contributed by atoms with Crippen molar-refractivity contribution in [2.45, 2.75) is 6.61 Å². The molecule has 0 aliphatic carbocycles. The third-order valence-electron chi connectivity index (χ3n) is 3.71. The van der Waals surface area contributed by atoms with Crippen LogP contribution in [0.1, 0.15) is 11.1 Å². The Morgan fingerprint density at radius 2 is 1.73 bits per heavy atom. The fraction of sp³-hybridized carbons (Fsp3) is 0.0952. The van der Waals surface area contributed by atoms with E-state index in [1.165, 1.54) is 0 Å². The van der Waals surface area contributed by atoms with Crippen molar-refractivity contribution in [3.8, 4) is 11.5 Å². The maximum Gasteiger partial charge on any atom is 0.121 e. The molecule has 0 spiro atoms. The Morgan fingerprint density at radius 3 is 2.46 bits per heavy atom. The number of methoxy groups -OCH3 is 1. The molecule has 0 N–H and O–H groups in total. The molecule has 3 nitrogen and oxygen atoms in total. The van der Waals surface area contributed by atoms with Crippen molar-refractivity contribution in [3.63, 3.8) is 0 Å². The Kier molecular flexibility index (Phi) is 6.47. The molecule has 0 atom stereocenters. The predicted molar refractivity (Wildman–Crippen MR) is 113 cm³/mol. The summed E-state index contributed by atoms with van der Waals surface area (Å²) in [4.78, 5) is 4.47. The van der Waals surface area contributed by atoms with Crippen LogP contribution in [-0.2, 0) is 6.61 Å². The summed E-state index contributed by atoms with van der Waals surface area (Å²) >= 11 is 7.00. The van der Waals surface area contributed by atoms with Gasteiger partial charge in [-0.3, -0.25) is 4.99 Å². The number of nitrogens with zero attached hydrogens (tertiary/aromatic N) is 1. The first-order valence-corrected chi connectivity index (χ1v) is 9.57. The summed E-state index contributed by atoms with van der Waals surface area (Å²) in [6, 6.07) is 21.5. The lowest BCUT2D eigenvalue weighted by Gasteiger charge is -2.08. The van der Waals surface area contributed by atoms with E-state index in [0.717, 1.165) is 37.3 Å². The summed E-state index contributed by atoms with van der Waals surface area (Å²) in [5.74, 6) is 1.61. The third-order valence-corrected chi connectivity index (χ3v) is 4.94. The number of rotatable bonds is 6. The highest BCUT2D eigenvalue weighted by Gasteiger charge is 2.02. The molecule has 3 rings (SSSR count). The number of ether oxygens (including phenoxy) is 2. The molecule has 0 radical (unpaired) electrons. The van der Waals surface area contributed by atoms with Gasteiger partial charge in [0, 0.05) is 26.8 Å². The van der Waals surface area contributed by atoms with Gasteiger partial charge in [-0.05, 0) is 54.1 Å². The van der Waals surface area contributed by atoms with Gasteiger partial charge < -0.3 is 9.47 Å². The van der Waals surface area contributed by atoms with E-state index in [4.69, 9.17) is 9.47 Å². The second-order valence-electron chi connectivity index (χ2n) is 5.55. The number of hydrogen-bond donors (Lipinski definition) is 0. The Labute approximate surface area is 169 Å². The molecule has 3 aromatic carbocycles. The average Bonchev–Trinajstić information content (AvgIpc) is 2.67. The maximum absolute atomic E-state index is 5.85. The normalized spacial score (nSPS) is 10.9. The van der Waals surface area contributed by atoms with Crippen LogP contribution < -0.4 is 9.47 Å². The van der Waals surface area contributed by atoms with Gasteiger partial charge in [0.1, 0.15) is 18.1 Å². The lowest BCUT2D eigenvalue weighted by Crippen LogP contribution is -1.96. The monoisotopic (exact) mass is 473 g/mol. The van der Waals surface area contributed by atoms with Crippen molar-refractivity contribution in [2.24, 2.45) is 4.99 Å². The topological polar surface area (TPSA) is 30.8 Å². The van der Waals surface area contributed by atoms with Gasteiger partial charge in [-0.15, -0.1) is 0 Å². The van der Waals surface area contributed by atoms with Gasteiger partial charge in [0.15, 0.2) is 0 Å². The van der Waals surface area contributed by atoms with Crippen LogP contribution in [0.3, 0.4) is 0 Å². The summed E-state index contributed by atoms with van der Waals surface area (Å²) < 4.78 is 13.1. The van der Waals surface area contributed by atoms with Crippen LogP contribution in [0.25, 0.3) is 0 Å². The van der Waals surface area contributed by atoms with Crippen molar-refractivity contribution in [3.05, 3.63) is 86.8 Å². The molecular formula is C21H17Br2NO2. The Bertz CT molecular complexity index is 908. The standard InChI is InChI=1S/C21H17Br2NO2/c1-25-20-4-2-3-18(12-20)24-13-15-5-9-19(10-6-15)26-14-16-7-8-17(22)11-21(16)23/h2-13H,14H2,1H3. The number of halogens is 2. The maximum atomic E-state index is 5.85. The van der Waals surface area contributed by atoms with Gasteiger partial charge in [0.05, 0.1) is 12.8 Å². The number of hydrogen-bond acceptors (Lipinski definition) is 3. The lowest BCUT2D eigenvalue weighted by molar-refractivity contribution is 0.305. The molecule has 0 fully saturated rings.